The molecule has 1 aliphatic rings. The van der Waals surface area contributed by atoms with Crippen molar-refractivity contribution >= 4 is 29.3 Å². The maximum atomic E-state index is 12.3. The van der Waals surface area contributed by atoms with Gasteiger partial charge >= 0.3 is 12.0 Å². The van der Waals surface area contributed by atoms with Crippen molar-refractivity contribution in [3.05, 3.63) is 28.8 Å². The van der Waals surface area contributed by atoms with Crippen LogP contribution < -0.4 is 5.32 Å². The first-order chi connectivity index (χ1) is 10.0. The normalized spacial score (nSPS) is 13.8. The number of carboxylic acid groups (broad SMARTS) is 1. The van der Waals surface area contributed by atoms with Crippen LogP contribution in [0.4, 0.5) is 10.5 Å². The van der Waals surface area contributed by atoms with Gasteiger partial charge in [0.25, 0.3) is 0 Å². The molecular formula is C15H19ClN2O3. The van der Waals surface area contributed by atoms with Crippen LogP contribution in [-0.4, -0.2) is 35.1 Å². The third-order valence-corrected chi connectivity index (χ3v) is 3.73. The molecule has 114 valence electrons. The summed E-state index contributed by atoms with van der Waals surface area (Å²) in [6.45, 7) is 3.48. The molecule has 0 unspecified atom stereocenters. The third-order valence-electron chi connectivity index (χ3n) is 3.40. The minimum absolute atomic E-state index is 0.0151. The quantitative estimate of drug-likeness (QED) is 0.842. The number of nitrogens with one attached hydrogen (secondary N) is 1. The molecule has 1 saturated carbocycles. The SMILES string of the molecule is CCCN(CC1CC1)C(=O)Nc1ccc(Cl)c(C(=O)O)c1. The molecule has 0 aromatic heterocycles. The summed E-state index contributed by atoms with van der Waals surface area (Å²) in [6.07, 6.45) is 3.25. The summed E-state index contributed by atoms with van der Waals surface area (Å²) in [6, 6.07) is 4.27. The number of rotatable bonds is 6. The highest BCUT2D eigenvalue weighted by Gasteiger charge is 2.26. The van der Waals surface area contributed by atoms with E-state index >= 15 is 0 Å². The second-order valence-corrected chi connectivity index (χ2v) is 5.73. The Labute approximate surface area is 128 Å². The molecule has 0 radical (unpaired) electrons. The summed E-state index contributed by atoms with van der Waals surface area (Å²) in [5.74, 6) is -0.499. The van der Waals surface area contributed by atoms with E-state index in [1.165, 1.54) is 25.0 Å². The fourth-order valence-corrected chi connectivity index (χ4v) is 2.33. The largest absolute Gasteiger partial charge is 0.478 e. The van der Waals surface area contributed by atoms with E-state index in [1.54, 1.807) is 11.0 Å². The second-order valence-electron chi connectivity index (χ2n) is 5.32. The van der Waals surface area contributed by atoms with Crippen molar-refractivity contribution in [1.29, 1.82) is 0 Å². The molecule has 0 heterocycles. The van der Waals surface area contributed by atoms with Crippen molar-refractivity contribution in [2.45, 2.75) is 26.2 Å². The van der Waals surface area contributed by atoms with Gasteiger partial charge in [0.2, 0.25) is 0 Å². The molecule has 0 atom stereocenters. The Morgan fingerprint density at radius 3 is 2.71 bits per heavy atom. The monoisotopic (exact) mass is 310 g/mol. The van der Waals surface area contributed by atoms with Gasteiger partial charge in [-0.1, -0.05) is 18.5 Å². The zero-order chi connectivity index (χ0) is 15.4. The van der Waals surface area contributed by atoms with E-state index in [2.05, 4.69) is 5.32 Å². The molecular weight excluding hydrogens is 292 g/mol. The highest BCUT2D eigenvalue weighted by Crippen LogP contribution is 2.30. The van der Waals surface area contributed by atoms with E-state index in [-0.39, 0.29) is 16.6 Å². The number of aromatic carboxylic acids is 1. The lowest BCUT2D eigenvalue weighted by Gasteiger charge is -2.22. The van der Waals surface area contributed by atoms with Crippen LogP contribution in [0.5, 0.6) is 0 Å². The Kier molecular flexibility index (Phi) is 5.07. The van der Waals surface area contributed by atoms with Crippen molar-refractivity contribution in [1.82, 2.24) is 4.90 Å². The number of halogens is 1. The van der Waals surface area contributed by atoms with Gasteiger partial charge in [0.1, 0.15) is 0 Å². The van der Waals surface area contributed by atoms with Crippen LogP contribution in [0.15, 0.2) is 18.2 Å². The van der Waals surface area contributed by atoms with E-state index < -0.39 is 5.97 Å². The predicted molar refractivity (Wildman–Crippen MR) is 82.0 cm³/mol. The molecule has 0 saturated heterocycles. The molecule has 1 aromatic rings. The highest BCUT2D eigenvalue weighted by molar-refractivity contribution is 6.33. The van der Waals surface area contributed by atoms with Gasteiger partial charge in [0, 0.05) is 18.8 Å². The summed E-state index contributed by atoms with van der Waals surface area (Å²) >= 11 is 5.81. The third kappa shape index (κ3) is 4.36. The van der Waals surface area contributed by atoms with E-state index in [0.717, 1.165) is 13.0 Å². The average Bonchev–Trinajstić information content (AvgIpc) is 3.24. The van der Waals surface area contributed by atoms with Crippen molar-refractivity contribution in [2.75, 3.05) is 18.4 Å². The van der Waals surface area contributed by atoms with E-state index in [0.29, 0.717) is 18.2 Å². The number of anilines is 1. The van der Waals surface area contributed by atoms with Gasteiger partial charge in [-0.15, -0.1) is 0 Å². The standard InChI is InChI=1S/C15H19ClN2O3/c1-2-7-18(9-10-3-4-10)15(21)17-11-5-6-13(16)12(8-11)14(19)20/h5-6,8,10H,2-4,7,9H2,1H3,(H,17,21)(H,19,20). The number of nitrogens with zero attached hydrogens (tertiary/aromatic N) is 1. The smallest absolute Gasteiger partial charge is 0.337 e. The Balaban J connectivity index is 2.06. The number of amides is 2. The van der Waals surface area contributed by atoms with Crippen LogP contribution in [0.2, 0.25) is 5.02 Å². The summed E-state index contributed by atoms with van der Waals surface area (Å²) in [5.41, 5.74) is 0.428. The summed E-state index contributed by atoms with van der Waals surface area (Å²) in [4.78, 5) is 25.1. The zero-order valence-electron chi connectivity index (χ0n) is 11.9. The lowest BCUT2D eigenvalue weighted by molar-refractivity contribution is 0.0697. The number of hydrogen-bond acceptors (Lipinski definition) is 2. The maximum Gasteiger partial charge on any atom is 0.337 e. The lowest BCUT2D eigenvalue weighted by Crippen LogP contribution is -2.37. The Hall–Kier alpha value is -1.75. The fraction of sp³-hybridized carbons (Fsp3) is 0.467. The Morgan fingerprint density at radius 1 is 1.43 bits per heavy atom. The van der Waals surface area contributed by atoms with E-state index in [1.807, 2.05) is 6.92 Å². The molecule has 0 spiro atoms. The lowest BCUT2D eigenvalue weighted by atomic mass is 10.2. The Morgan fingerprint density at radius 2 is 2.14 bits per heavy atom. The molecule has 1 aromatic carbocycles. The van der Waals surface area contributed by atoms with Gasteiger partial charge in [0.05, 0.1) is 10.6 Å². The van der Waals surface area contributed by atoms with Crippen molar-refractivity contribution in [2.24, 2.45) is 5.92 Å². The van der Waals surface area contributed by atoms with E-state index in [4.69, 9.17) is 16.7 Å². The fourth-order valence-electron chi connectivity index (χ4n) is 2.13. The van der Waals surface area contributed by atoms with Crippen molar-refractivity contribution in [3.8, 4) is 0 Å². The number of carbonyl (C=O) groups is 2. The van der Waals surface area contributed by atoms with Gasteiger partial charge in [-0.05, 0) is 43.4 Å². The Bertz CT molecular complexity index is 544. The second kappa shape index (κ2) is 6.80. The average molecular weight is 311 g/mol. The molecule has 0 aliphatic heterocycles. The van der Waals surface area contributed by atoms with Crippen LogP contribution in [0.25, 0.3) is 0 Å². The predicted octanol–water partition coefficient (Wildman–Crippen LogP) is 3.69. The van der Waals surface area contributed by atoms with Gasteiger partial charge in [-0.2, -0.15) is 0 Å². The number of urea groups is 1. The topological polar surface area (TPSA) is 69.6 Å². The van der Waals surface area contributed by atoms with Gasteiger partial charge < -0.3 is 15.3 Å². The maximum absolute atomic E-state index is 12.3. The van der Waals surface area contributed by atoms with Crippen LogP contribution in [0.1, 0.15) is 36.5 Å². The number of carboxylic acids is 1. The van der Waals surface area contributed by atoms with Gasteiger partial charge in [-0.25, -0.2) is 9.59 Å². The van der Waals surface area contributed by atoms with Gasteiger partial charge in [-0.3, -0.25) is 0 Å². The minimum Gasteiger partial charge on any atom is -0.478 e. The first-order valence-electron chi connectivity index (χ1n) is 7.10. The number of hydrogen-bond donors (Lipinski definition) is 2. The molecule has 6 heteroatoms. The first kappa shape index (κ1) is 15.6. The summed E-state index contributed by atoms with van der Waals surface area (Å²) < 4.78 is 0. The van der Waals surface area contributed by atoms with Crippen LogP contribution in [0.3, 0.4) is 0 Å². The number of carbonyl (C=O) groups excluding carboxylic acids is 1. The van der Waals surface area contributed by atoms with Crippen LogP contribution in [0, 0.1) is 5.92 Å². The summed E-state index contributed by atoms with van der Waals surface area (Å²) in [7, 11) is 0. The van der Waals surface area contributed by atoms with Crippen LogP contribution in [-0.2, 0) is 0 Å². The van der Waals surface area contributed by atoms with Gasteiger partial charge in [0.15, 0.2) is 0 Å². The zero-order valence-corrected chi connectivity index (χ0v) is 12.7. The highest BCUT2D eigenvalue weighted by atomic mass is 35.5. The first-order valence-corrected chi connectivity index (χ1v) is 7.47. The molecule has 2 rings (SSSR count). The molecule has 0 bridgehead atoms. The van der Waals surface area contributed by atoms with E-state index in [9.17, 15) is 9.59 Å². The van der Waals surface area contributed by atoms with Crippen molar-refractivity contribution in [3.63, 3.8) is 0 Å². The van der Waals surface area contributed by atoms with Crippen LogP contribution >= 0.6 is 11.6 Å². The minimum atomic E-state index is -1.11. The molecule has 2 amide bonds. The molecule has 1 fully saturated rings. The van der Waals surface area contributed by atoms with Crippen molar-refractivity contribution < 1.29 is 14.7 Å². The summed E-state index contributed by atoms with van der Waals surface area (Å²) in [5, 5.41) is 11.9. The molecule has 21 heavy (non-hydrogen) atoms. The number of benzene rings is 1. The molecule has 2 N–H and O–H groups in total. The molecule has 5 nitrogen and oxygen atoms in total. The molecule has 1 aliphatic carbocycles.